The number of amides is 1. The van der Waals surface area contributed by atoms with Crippen LogP contribution in [0.5, 0.6) is 0 Å². The Bertz CT molecular complexity index is 554. The van der Waals surface area contributed by atoms with Gasteiger partial charge in [0.05, 0.1) is 6.54 Å². The Morgan fingerprint density at radius 1 is 1.55 bits per heavy atom. The van der Waals surface area contributed by atoms with E-state index in [-0.39, 0.29) is 18.3 Å². The molecule has 0 bridgehead atoms. The fourth-order valence-electron chi connectivity index (χ4n) is 1.82. The van der Waals surface area contributed by atoms with Gasteiger partial charge >= 0.3 is 6.55 Å². The summed E-state index contributed by atoms with van der Waals surface area (Å²) in [6, 6.07) is 3.91. The predicted molar refractivity (Wildman–Crippen MR) is 72.6 cm³/mol. The van der Waals surface area contributed by atoms with Crippen LogP contribution < -0.4 is 0 Å². The molecule has 0 spiro atoms. The number of alkyl halides is 2. The van der Waals surface area contributed by atoms with E-state index >= 15 is 0 Å². The number of carbonyl (C=O) groups excluding carboxylic acids is 1. The number of carbonyl (C=O) groups is 1. The number of aromatic nitrogens is 2. The van der Waals surface area contributed by atoms with Gasteiger partial charge in [0, 0.05) is 30.7 Å². The van der Waals surface area contributed by atoms with Crippen LogP contribution in [0.25, 0.3) is 0 Å². The standard InChI is InChI=1S/C13H15F2N3OS/c1-17(9-11-16-6-7-18(11)13(14)15)12(19)5-4-10-3-2-8-20-10/h2-3,6-8,13H,4-5,9H2,1H3. The number of imidazole rings is 1. The lowest BCUT2D eigenvalue weighted by molar-refractivity contribution is -0.130. The third-order valence-electron chi connectivity index (χ3n) is 2.93. The smallest absolute Gasteiger partial charge is 0.319 e. The molecule has 0 unspecified atom stereocenters. The summed E-state index contributed by atoms with van der Waals surface area (Å²) < 4.78 is 26.1. The van der Waals surface area contributed by atoms with Crippen LogP contribution in [-0.2, 0) is 17.8 Å². The van der Waals surface area contributed by atoms with Crippen LogP contribution in [0.4, 0.5) is 8.78 Å². The third kappa shape index (κ3) is 3.63. The van der Waals surface area contributed by atoms with Crippen molar-refractivity contribution in [1.82, 2.24) is 14.5 Å². The van der Waals surface area contributed by atoms with Gasteiger partial charge in [0.2, 0.25) is 5.91 Å². The van der Waals surface area contributed by atoms with E-state index in [1.54, 1.807) is 18.4 Å². The van der Waals surface area contributed by atoms with Crippen LogP contribution in [0.3, 0.4) is 0 Å². The summed E-state index contributed by atoms with van der Waals surface area (Å²) in [4.78, 5) is 18.4. The fraction of sp³-hybridized carbons (Fsp3) is 0.385. The molecule has 0 aliphatic carbocycles. The molecule has 2 aromatic rings. The Morgan fingerprint density at radius 2 is 2.35 bits per heavy atom. The van der Waals surface area contributed by atoms with Gasteiger partial charge in [-0.2, -0.15) is 8.78 Å². The van der Waals surface area contributed by atoms with Crippen LogP contribution in [0, 0.1) is 0 Å². The number of hydrogen-bond donors (Lipinski definition) is 0. The highest BCUT2D eigenvalue weighted by atomic mass is 32.1. The molecule has 4 nitrogen and oxygen atoms in total. The predicted octanol–water partition coefficient (Wildman–Crippen LogP) is 2.93. The number of halogens is 2. The first-order chi connectivity index (χ1) is 9.58. The molecule has 0 N–H and O–H groups in total. The Balaban J connectivity index is 1.89. The summed E-state index contributed by atoms with van der Waals surface area (Å²) in [6.45, 7) is -2.55. The van der Waals surface area contributed by atoms with Crippen LogP contribution in [0.2, 0.25) is 0 Å². The van der Waals surface area contributed by atoms with Crippen molar-refractivity contribution in [2.24, 2.45) is 0 Å². The molecule has 0 radical (unpaired) electrons. The molecule has 0 aromatic carbocycles. The molecule has 0 saturated carbocycles. The molecule has 20 heavy (non-hydrogen) atoms. The minimum absolute atomic E-state index is 0.0813. The van der Waals surface area contributed by atoms with Crippen molar-refractivity contribution in [3.63, 3.8) is 0 Å². The zero-order valence-electron chi connectivity index (χ0n) is 11.0. The molecule has 0 saturated heterocycles. The van der Waals surface area contributed by atoms with Gasteiger partial charge in [0.1, 0.15) is 5.82 Å². The lowest BCUT2D eigenvalue weighted by Gasteiger charge is -2.17. The SMILES string of the molecule is CN(Cc1nccn1C(F)F)C(=O)CCc1cccs1. The number of rotatable bonds is 6. The Morgan fingerprint density at radius 3 is 3.00 bits per heavy atom. The van der Waals surface area contributed by atoms with Gasteiger partial charge < -0.3 is 4.90 Å². The molecule has 108 valence electrons. The largest absolute Gasteiger partial charge is 0.338 e. The number of nitrogens with zero attached hydrogens (tertiary/aromatic N) is 3. The molecule has 0 atom stereocenters. The summed E-state index contributed by atoms with van der Waals surface area (Å²) in [6.07, 6.45) is 3.56. The van der Waals surface area contributed by atoms with E-state index in [9.17, 15) is 13.6 Å². The van der Waals surface area contributed by atoms with Crippen LogP contribution in [-0.4, -0.2) is 27.4 Å². The van der Waals surface area contributed by atoms with E-state index in [0.717, 1.165) is 9.44 Å². The maximum absolute atomic E-state index is 12.7. The van der Waals surface area contributed by atoms with E-state index in [1.807, 2.05) is 17.5 Å². The van der Waals surface area contributed by atoms with Crippen molar-refractivity contribution >= 4 is 17.2 Å². The van der Waals surface area contributed by atoms with Crippen molar-refractivity contribution in [1.29, 1.82) is 0 Å². The Labute approximate surface area is 119 Å². The van der Waals surface area contributed by atoms with Crippen molar-refractivity contribution in [2.75, 3.05) is 7.05 Å². The summed E-state index contributed by atoms with van der Waals surface area (Å²) >= 11 is 1.60. The number of hydrogen-bond acceptors (Lipinski definition) is 3. The molecule has 2 rings (SSSR count). The second kappa shape index (κ2) is 6.60. The van der Waals surface area contributed by atoms with Crippen LogP contribution >= 0.6 is 11.3 Å². The minimum Gasteiger partial charge on any atom is -0.338 e. The van der Waals surface area contributed by atoms with Crippen molar-refractivity contribution in [3.05, 3.63) is 40.6 Å². The monoisotopic (exact) mass is 299 g/mol. The molecular weight excluding hydrogens is 284 g/mol. The third-order valence-corrected chi connectivity index (χ3v) is 3.87. The zero-order chi connectivity index (χ0) is 14.5. The van der Waals surface area contributed by atoms with Gasteiger partial charge in [-0.05, 0) is 17.9 Å². The lowest BCUT2D eigenvalue weighted by Crippen LogP contribution is -2.28. The highest BCUT2D eigenvalue weighted by molar-refractivity contribution is 7.09. The summed E-state index contributed by atoms with van der Waals surface area (Å²) in [5.74, 6) is 0.106. The van der Waals surface area contributed by atoms with E-state index in [0.29, 0.717) is 12.8 Å². The molecular formula is C13H15F2N3OS. The van der Waals surface area contributed by atoms with Crippen LogP contribution in [0.1, 0.15) is 23.7 Å². The minimum atomic E-state index is -2.64. The second-order valence-corrected chi connectivity index (χ2v) is 5.39. The van der Waals surface area contributed by atoms with Gasteiger partial charge in [0.15, 0.2) is 0 Å². The van der Waals surface area contributed by atoms with Gasteiger partial charge in [-0.25, -0.2) is 4.98 Å². The maximum Gasteiger partial charge on any atom is 0.319 e. The van der Waals surface area contributed by atoms with Crippen molar-refractivity contribution in [2.45, 2.75) is 25.9 Å². The first-order valence-corrected chi connectivity index (χ1v) is 7.02. The first kappa shape index (κ1) is 14.6. The molecule has 0 aliphatic rings. The van der Waals surface area contributed by atoms with E-state index in [1.165, 1.54) is 17.3 Å². The molecule has 2 heterocycles. The molecule has 7 heteroatoms. The van der Waals surface area contributed by atoms with Gasteiger partial charge in [-0.15, -0.1) is 11.3 Å². The van der Waals surface area contributed by atoms with Gasteiger partial charge in [-0.1, -0.05) is 6.07 Å². The molecule has 2 aromatic heterocycles. The Hall–Kier alpha value is -1.76. The van der Waals surface area contributed by atoms with E-state index in [2.05, 4.69) is 4.98 Å². The molecule has 1 amide bonds. The topological polar surface area (TPSA) is 38.1 Å². The average Bonchev–Trinajstić information content (AvgIpc) is 3.06. The van der Waals surface area contributed by atoms with Gasteiger partial charge in [-0.3, -0.25) is 9.36 Å². The number of thiophene rings is 1. The van der Waals surface area contributed by atoms with E-state index in [4.69, 9.17) is 0 Å². The summed E-state index contributed by atoms with van der Waals surface area (Å²) in [7, 11) is 1.60. The van der Waals surface area contributed by atoms with Crippen molar-refractivity contribution < 1.29 is 13.6 Å². The summed E-state index contributed by atoms with van der Waals surface area (Å²) in [5.41, 5.74) is 0. The number of aryl methyl sites for hydroxylation is 1. The first-order valence-electron chi connectivity index (χ1n) is 6.14. The van der Waals surface area contributed by atoms with Crippen molar-refractivity contribution in [3.8, 4) is 0 Å². The normalized spacial score (nSPS) is 11.0. The fourth-order valence-corrected chi connectivity index (χ4v) is 2.53. The second-order valence-electron chi connectivity index (χ2n) is 4.36. The zero-order valence-corrected chi connectivity index (χ0v) is 11.8. The van der Waals surface area contributed by atoms with Crippen LogP contribution in [0.15, 0.2) is 29.9 Å². The lowest BCUT2D eigenvalue weighted by atomic mass is 10.2. The summed E-state index contributed by atoms with van der Waals surface area (Å²) in [5, 5.41) is 1.96. The quantitative estimate of drug-likeness (QED) is 0.822. The highest BCUT2D eigenvalue weighted by Crippen LogP contribution is 2.15. The highest BCUT2D eigenvalue weighted by Gasteiger charge is 2.16. The van der Waals surface area contributed by atoms with E-state index < -0.39 is 6.55 Å². The Kier molecular flexibility index (Phi) is 4.84. The maximum atomic E-state index is 12.7. The average molecular weight is 299 g/mol. The molecule has 0 aliphatic heterocycles. The van der Waals surface area contributed by atoms with Gasteiger partial charge in [0.25, 0.3) is 0 Å². The molecule has 0 fully saturated rings.